The van der Waals surface area contributed by atoms with Crippen LogP contribution >= 0.6 is 23.7 Å². The quantitative estimate of drug-likeness (QED) is 0.921. The average Bonchev–Trinajstić information content (AvgIpc) is 2.64. The molecule has 2 rings (SSSR count). The van der Waals surface area contributed by atoms with Gasteiger partial charge in [-0.3, -0.25) is 4.90 Å². The van der Waals surface area contributed by atoms with Crippen molar-refractivity contribution in [3.8, 4) is 0 Å². The SMILES string of the molecule is Cc1ncc(CN2CCCC(C)C2CN)s1.Cl. The Morgan fingerprint density at radius 2 is 2.35 bits per heavy atom. The van der Waals surface area contributed by atoms with Gasteiger partial charge in [-0.1, -0.05) is 6.92 Å². The van der Waals surface area contributed by atoms with Gasteiger partial charge < -0.3 is 5.73 Å². The number of nitrogens with zero attached hydrogens (tertiary/aromatic N) is 2. The van der Waals surface area contributed by atoms with E-state index in [2.05, 4.69) is 23.7 Å². The van der Waals surface area contributed by atoms with Gasteiger partial charge in [0.05, 0.1) is 5.01 Å². The lowest BCUT2D eigenvalue weighted by atomic mass is 9.91. The summed E-state index contributed by atoms with van der Waals surface area (Å²) in [4.78, 5) is 8.21. The number of piperidine rings is 1. The zero-order chi connectivity index (χ0) is 11.5. The van der Waals surface area contributed by atoms with E-state index in [4.69, 9.17) is 5.73 Å². The van der Waals surface area contributed by atoms with E-state index in [0.29, 0.717) is 6.04 Å². The predicted octanol–water partition coefficient (Wildman–Crippen LogP) is 2.43. The first-order chi connectivity index (χ1) is 7.70. The van der Waals surface area contributed by atoms with Gasteiger partial charge >= 0.3 is 0 Å². The lowest BCUT2D eigenvalue weighted by Gasteiger charge is -2.39. The fourth-order valence-corrected chi connectivity index (χ4v) is 3.41. The Balaban J connectivity index is 0.00000144. The normalized spacial score (nSPS) is 25.6. The molecule has 0 saturated carbocycles. The molecule has 1 aromatic heterocycles. The number of thiazole rings is 1. The van der Waals surface area contributed by atoms with Gasteiger partial charge in [-0.25, -0.2) is 4.98 Å². The van der Waals surface area contributed by atoms with E-state index < -0.39 is 0 Å². The van der Waals surface area contributed by atoms with Crippen LogP contribution in [0.5, 0.6) is 0 Å². The molecule has 17 heavy (non-hydrogen) atoms. The number of likely N-dealkylation sites (tertiary alicyclic amines) is 1. The molecule has 1 fully saturated rings. The van der Waals surface area contributed by atoms with Crippen molar-refractivity contribution in [1.29, 1.82) is 0 Å². The molecule has 5 heteroatoms. The van der Waals surface area contributed by atoms with Crippen LogP contribution in [-0.4, -0.2) is 29.0 Å². The van der Waals surface area contributed by atoms with Crippen molar-refractivity contribution in [3.05, 3.63) is 16.1 Å². The standard InChI is InChI=1S/C12H21N3S.ClH/c1-9-4-3-5-15(12(9)6-13)8-11-7-14-10(2)16-11;/h7,9,12H,3-6,8,13H2,1-2H3;1H. The van der Waals surface area contributed by atoms with Gasteiger partial charge in [0.25, 0.3) is 0 Å². The highest BCUT2D eigenvalue weighted by Gasteiger charge is 2.27. The van der Waals surface area contributed by atoms with Crippen LogP contribution < -0.4 is 5.73 Å². The molecule has 0 radical (unpaired) electrons. The first-order valence-electron chi connectivity index (χ1n) is 6.06. The molecule has 1 aliphatic heterocycles. The summed E-state index contributed by atoms with van der Waals surface area (Å²) < 4.78 is 0. The van der Waals surface area contributed by atoms with Gasteiger partial charge in [0, 0.05) is 30.2 Å². The molecule has 0 bridgehead atoms. The maximum Gasteiger partial charge on any atom is 0.0897 e. The summed E-state index contributed by atoms with van der Waals surface area (Å²) in [6.07, 6.45) is 4.63. The van der Waals surface area contributed by atoms with Crippen LogP contribution in [-0.2, 0) is 6.54 Å². The molecule has 2 N–H and O–H groups in total. The maximum atomic E-state index is 5.89. The van der Waals surface area contributed by atoms with Crippen LogP contribution in [0.4, 0.5) is 0 Å². The molecular formula is C12H22ClN3S. The molecule has 0 aromatic carbocycles. The minimum absolute atomic E-state index is 0. The van der Waals surface area contributed by atoms with E-state index in [-0.39, 0.29) is 12.4 Å². The summed E-state index contributed by atoms with van der Waals surface area (Å²) >= 11 is 1.80. The summed E-state index contributed by atoms with van der Waals surface area (Å²) in [7, 11) is 0. The number of halogens is 1. The Morgan fingerprint density at radius 1 is 1.59 bits per heavy atom. The van der Waals surface area contributed by atoms with Crippen molar-refractivity contribution in [2.45, 2.75) is 39.3 Å². The van der Waals surface area contributed by atoms with E-state index in [1.807, 2.05) is 6.20 Å². The van der Waals surface area contributed by atoms with Crippen molar-refractivity contribution in [2.75, 3.05) is 13.1 Å². The van der Waals surface area contributed by atoms with Gasteiger partial charge in [-0.05, 0) is 32.2 Å². The molecule has 1 aromatic rings. The predicted molar refractivity (Wildman–Crippen MR) is 75.7 cm³/mol. The zero-order valence-electron chi connectivity index (χ0n) is 10.6. The minimum Gasteiger partial charge on any atom is -0.329 e. The third-order valence-corrected chi connectivity index (χ3v) is 4.40. The van der Waals surface area contributed by atoms with E-state index in [1.165, 1.54) is 24.3 Å². The number of rotatable bonds is 3. The molecule has 0 aliphatic carbocycles. The van der Waals surface area contributed by atoms with Gasteiger partial charge in [-0.15, -0.1) is 23.7 Å². The summed E-state index contributed by atoms with van der Waals surface area (Å²) in [5.74, 6) is 0.729. The van der Waals surface area contributed by atoms with E-state index >= 15 is 0 Å². The van der Waals surface area contributed by atoms with E-state index in [1.54, 1.807) is 11.3 Å². The van der Waals surface area contributed by atoms with Crippen LogP contribution in [0.1, 0.15) is 29.7 Å². The molecule has 98 valence electrons. The number of hydrogen-bond acceptors (Lipinski definition) is 4. The Kier molecular flexibility index (Phi) is 5.86. The second kappa shape index (κ2) is 6.69. The van der Waals surface area contributed by atoms with E-state index in [0.717, 1.165) is 24.0 Å². The first-order valence-corrected chi connectivity index (χ1v) is 6.87. The third kappa shape index (κ3) is 3.65. The van der Waals surface area contributed by atoms with Crippen molar-refractivity contribution < 1.29 is 0 Å². The van der Waals surface area contributed by atoms with Crippen molar-refractivity contribution in [3.63, 3.8) is 0 Å². The van der Waals surface area contributed by atoms with Gasteiger partial charge in [0.2, 0.25) is 0 Å². The number of aromatic nitrogens is 1. The smallest absolute Gasteiger partial charge is 0.0897 e. The zero-order valence-corrected chi connectivity index (χ0v) is 12.2. The second-order valence-corrected chi connectivity index (χ2v) is 6.06. The topological polar surface area (TPSA) is 42.2 Å². The number of hydrogen-bond donors (Lipinski definition) is 1. The van der Waals surface area contributed by atoms with Gasteiger partial charge in [0.15, 0.2) is 0 Å². The summed E-state index contributed by atoms with van der Waals surface area (Å²) in [5, 5.41) is 1.16. The molecule has 2 heterocycles. The van der Waals surface area contributed by atoms with Crippen LogP contribution in [0.3, 0.4) is 0 Å². The Hall–Kier alpha value is -0.160. The molecule has 1 saturated heterocycles. The van der Waals surface area contributed by atoms with Crippen LogP contribution in [0, 0.1) is 12.8 Å². The highest BCUT2D eigenvalue weighted by Crippen LogP contribution is 2.25. The fourth-order valence-electron chi connectivity index (χ4n) is 2.59. The van der Waals surface area contributed by atoms with Gasteiger partial charge in [0.1, 0.15) is 0 Å². The second-order valence-electron chi connectivity index (χ2n) is 4.74. The van der Waals surface area contributed by atoms with Crippen LogP contribution in [0.2, 0.25) is 0 Å². The molecule has 2 unspecified atom stereocenters. The summed E-state index contributed by atoms with van der Waals surface area (Å²) in [6.45, 7) is 7.37. The Labute approximate surface area is 114 Å². The monoisotopic (exact) mass is 275 g/mol. The molecule has 3 nitrogen and oxygen atoms in total. The van der Waals surface area contributed by atoms with Crippen LogP contribution in [0.15, 0.2) is 6.20 Å². The molecular weight excluding hydrogens is 254 g/mol. The largest absolute Gasteiger partial charge is 0.329 e. The molecule has 1 aliphatic rings. The minimum atomic E-state index is 0. The average molecular weight is 276 g/mol. The van der Waals surface area contributed by atoms with E-state index in [9.17, 15) is 0 Å². The number of aryl methyl sites for hydroxylation is 1. The lowest BCUT2D eigenvalue weighted by Crippen LogP contribution is -2.47. The van der Waals surface area contributed by atoms with Gasteiger partial charge in [-0.2, -0.15) is 0 Å². The molecule has 0 amide bonds. The third-order valence-electron chi connectivity index (χ3n) is 3.50. The summed E-state index contributed by atoms with van der Waals surface area (Å²) in [5.41, 5.74) is 5.89. The fraction of sp³-hybridized carbons (Fsp3) is 0.750. The van der Waals surface area contributed by atoms with Crippen LogP contribution in [0.25, 0.3) is 0 Å². The highest BCUT2D eigenvalue weighted by molar-refractivity contribution is 7.11. The molecule has 0 spiro atoms. The van der Waals surface area contributed by atoms with Crippen molar-refractivity contribution >= 4 is 23.7 Å². The summed E-state index contributed by atoms with van der Waals surface area (Å²) in [6, 6.07) is 0.552. The maximum absolute atomic E-state index is 5.89. The number of nitrogens with two attached hydrogens (primary N) is 1. The van der Waals surface area contributed by atoms with Crippen molar-refractivity contribution in [1.82, 2.24) is 9.88 Å². The lowest BCUT2D eigenvalue weighted by molar-refractivity contribution is 0.100. The Morgan fingerprint density at radius 3 is 2.94 bits per heavy atom. The Bertz CT molecular complexity index is 342. The van der Waals surface area contributed by atoms with Crippen molar-refractivity contribution in [2.24, 2.45) is 11.7 Å². The molecule has 2 atom stereocenters. The first kappa shape index (κ1) is 14.9. The highest BCUT2D eigenvalue weighted by atomic mass is 35.5.